The summed E-state index contributed by atoms with van der Waals surface area (Å²) in [5.41, 5.74) is 20.7. The molecule has 0 aromatic heterocycles. The van der Waals surface area contributed by atoms with Gasteiger partial charge in [-0.1, -0.05) is 111 Å². The Morgan fingerprint density at radius 3 is 2.51 bits per heavy atom. The van der Waals surface area contributed by atoms with Crippen LogP contribution in [-0.2, 0) is 12.8 Å². The normalized spacial score (nSPS) is 22.5. The molecule has 0 N–H and O–H groups in total. The summed E-state index contributed by atoms with van der Waals surface area (Å²) in [6.45, 7) is 22.4. The van der Waals surface area contributed by atoms with Gasteiger partial charge in [-0.3, -0.25) is 0 Å². The highest BCUT2D eigenvalue weighted by Gasteiger charge is 2.41. The molecule has 2 atom stereocenters. The lowest BCUT2D eigenvalue weighted by Gasteiger charge is -2.35. The largest absolute Gasteiger partial charge is 0.0955 e. The molecule has 41 heavy (non-hydrogen) atoms. The number of hydrogen-bond donors (Lipinski definition) is 0. The van der Waals surface area contributed by atoms with Gasteiger partial charge in [0, 0.05) is 11.8 Å². The minimum atomic E-state index is 0.305. The molecule has 0 saturated heterocycles. The van der Waals surface area contributed by atoms with Crippen molar-refractivity contribution in [2.45, 2.75) is 78.6 Å². The fourth-order valence-corrected chi connectivity index (χ4v) is 7.76. The van der Waals surface area contributed by atoms with Crippen molar-refractivity contribution in [3.05, 3.63) is 153 Å². The molecule has 0 spiro atoms. The maximum absolute atomic E-state index is 4.78. The van der Waals surface area contributed by atoms with Crippen molar-refractivity contribution >= 4 is 11.1 Å². The molecule has 4 aliphatic carbocycles. The third-order valence-corrected chi connectivity index (χ3v) is 9.79. The fourth-order valence-electron chi connectivity index (χ4n) is 7.76. The van der Waals surface area contributed by atoms with Crippen LogP contribution in [0.2, 0.25) is 0 Å². The minimum Gasteiger partial charge on any atom is -0.0955 e. The Hall–Kier alpha value is -3.64. The Kier molecular flexibility index (Phi) is 7.37. The van der Waals surface area contributed by atoms with Crippen molar-refractivity contribution in [3.8, 4) is 0 Å². The van der Waals surface area contributed by atoms with E-state index in [1.54, 1.807) is 11.1 Å². The van der Waals surface area contributed by atoms with E-state index < -0.39 is 0 Å². The van der Waals surface area contributed by atoms with Crippen LogP contribution in [0.3, 0.4) is 0 Å². The number of allylic oxidation sites excluding steroid dienone is 13. The lowest BCUT2D eigenvalue weighted by molar-refractivity contribution is 0.618. The summed E-state index contributed by atoms with van der Waals surface area (Å²) in [5, 5.41) is 0. The molecule has 1 fully saturated rings. The lowest BCUT2D eigenvalue weighted by Crippen LogP contribution is -2.21. The SMILES string of the molecule is C=C(CCC)C1=C(C)C=C2C/C(=C\C3=CC=C(c4ccc(C(=C)C)cc4C)C3)C(=C)C2C1c1ccc2c(c1)CCC2. The van der Waals surface area contributed by atoms with E-state index in [0.29, 0.717) is 11.8 Å². The van der Waals surface area contributed by atoms with Crippen LogP contribution < -0.4 is 0 Å². The van der Waals surface area contributed by atoms with Crippen molar-refractivity contribution in [1.29, 1.82) is 0 Å². The van der Waals surface area contributed by atoms with Crippen LogP contribution in [0.4, 0.5) is 0 Å². The molecule has 0 heterocycles. The van der Waals surface area contributed by atoms with Crippen molar-refractivity contribution in [2.24, 2.45) is 5.92 Å². The molecular weight excluding hydrogens is 492 g/mol. The van der Waals surface area contributed by atoms with Crippen LogP contribution in [-0.4, -0.2) is 0 Å². The van der Waals surface area contributed by atoms with Gasteiger partial charge in [-0.15, -0.1) is 0 Å². The first-order chi connectivity index (χ1) is 19.7. The standard InChI is InChI=1S/C41H44/c1-8-10-26(4)39-28(6)20-37-24-36(29(7)40(37)41(39)35-16-15-31-11-9-12-33(31)23-35)22-30-13-14-34(21-30)38-18-17-32(25(2)3)19-27(38)5/h13-20,22-23,40-41H,2,4,7-12,21,24H2,1,3,5-6H3/b36-22+. The van der Waals surface area contributed by atoms with E-state index in [1.807, 2.05) is 0 Å². The molecule has 6 rings (SSSR count). The average molecular weight is 537 g/mol. The number of rotatable bonds is 7. The second-order valence-electron chi connectivity index (χ2n) is 12.8. The van der Waals surface area contributed by atoms with Crippen molar-refractivity contribution in [3.63, 3.8) is 0 Å². The monoisotopic (exact) mass is 536 g/mol. The van der Waals surface area contributed by atoms with Gasteiger partial charge in [-0.05, 0) is 126 Å². The molecule has 0 heteroatoms. The number of aryl methyl sites for hydroxylation is 3. The first-order valence-corrected chi connectivity index (χ1v) is 15.5. The van der Waals surface area contributed by atoms with E-state index in [9.17, 15) is 0 Å². The zero-order chi connectivity index (χ0) is 28.8. The van der Waals surface area contributed by atoms with E-state index in [4.69, 9.17) is 6.58 Å². The molecule has 0 amide bonds. The molecule has 2 aromatic carbocycles. The minimum absolute atomic E-state index is 0.305. The Labute approximate surface area is 248 Å². The molecule has 2 unspecified atom stereocenters. The zero-order valence-corrected chi connectivity index (χ0v) is 25.5. The number of fused-ring (bicyclic) bond motifs is 2. The van der Waals surface area contributed by atoms with Gasteiger partial charge in [0.2, 0.25) is 0 Å². The second-order valence-corrected chi connectivity index (χ2v) is 12.8. The van der Waals surface area contributed by atoms with Gasteiger partial charge in [0.25, 0.3) is 0 Å². The van der Waals surface area contributed by atoms with E-state index in [-0.39, 0.29) is 0 Å². The Morgan fingerprint density at radius 2 is 1.76 bits per heavy atom. The molecule has 208 valence electrons. The van der Waals surface area contributed by atoms with Gasteiger partial charge in [-0.2, -0.15) is 0 Å². The molecule has 2 aromatic rings. The van der Waals surface area contributed by atoms with Crippen LogP contribution in [0.15, 0.2) is 119 Å². The lowest BCUT2D eigenvalue weighted by atomic mass is 9.69. The van der Waals surface area contributed by atoms with Crippen LogP contribution in [0.5, 0.6) is 0 Å². The Balaban J connectivity index is 1.30. The number of hydrogen-bond acceptors (Lipinski definition) is 0. The quantitative estimate of drug-likeness (QED) is 0.330. The van der Waals surface area contributed by atoms with Gasteiger partial charge in [0.05, 0.1) is 0 Å². The third-order valence-electron chi connectivity index (χ3n) is 9.79. The summed E-state index contributed by atoms with van der Waals surface area (Å²) in [5.74, 6) is 0.624. The van der Waals surface area contributed by atoms with Gasteiger partial charge in [0.1, 0.15) is 0 Å². The van der Waals surface area contributed by atoms with Gasteiger partial charge in [0.15, 0.2) is 0 Å². The van der Waals surface area contributed by atoms with Crippen LogP contribution in [0.1, 0.15) is 92.2 Å². The first-order valence-electron chi connectivity index (χ1n) is 15.5. The van der Waals surface area contributed by atoms with E-state index >= 15 is 0 Å². The average Bonchev–Trinajstić information content (AvgIpc) is 3.67. The van der Waals surface area contributed by atoms with E-state index in [1.165, 1.54) is 86.1 Å². The highest BCUT2D eigenvalue weighted by atomic mass is 14.4. The van der Waals surface area contributed by atoms with Crippen LogP contribution >= 0.6 is 0 Å². The molecule has 0 bridgehead atoms. The first kappa shape index (κ1) is 27.5. The summed E-state index contributed by atoms with van der Waals surface area (Å²) >= 11 is 0. The Bertz CT molecular complexity index is 1640. The van der Waals surface area contributed by atoms with Crippen molar-refractivity contribution < 1.29 is 0 Å². The van der Waals surface area contributed by atoms with Crippen LogP contribution in [0, 0.1) is 12.8 Å². The maximum atomic E-state index is 4.78. The van der Waals surface area contributed by atoms with Gasteiger partial charge < -0.3 is 0 Å². The topological polar surface area (TPSA) is 0 Å². The fraction of sp³-hybridized carbons (Fsp3) is 0.317. The summed E-state index contributed by atoms with van der Waals surface area (Å²) in [4.78, 5) is 0. The summed E-state index contributed by atoms with van der Waals surface area (Å²) in [6.07, 6.45) is 17.4. The van der Waals surface area contributed by atoms with Crippen molar-refractivity contribution in [1.82, 2.24) is 0 Å². The molecule has 0 nitrogen and oxygen atoms in total. The smallest absolute Gasteiger partial charge is 0.0201 e. The van der Waals surface area contributed by atoms with E-state index in [2.05, 4.69) is 102 Å². The summed E-state index contributed by atoms with van der Waals surface area (Å²) in [7, 11) is 0. The highest BCUT2D eigenvalue weighted by Crippen LogP contribution is 2.55. The summed E-state index contributed by atoms with van der Waals surface area (Å²) < 4.78 is 0. The molecule has 1 saturated carbocycles. The third kappa shape index (κ3) is 5.03. The highest BCUT2D eigenvalue weighted by molar-refractivity contribution is 5.77. The van der Waals surface area contributed by atoms with Crippen LogP contribution in [0.25, 0.3) is 11.1 Å². The summed E-state index contributed by atoms with van der Waals surface area (Å²) in [6, 6.07) is 14.1. The molecule has 0 radical (unpaired) electrons. The second kappa shape index (κ2) is 11.0. The van der Waals surface area contributed by atoms with Gasteiger partial charge >= 0.3 is 0 Å². The van der Waals surface area contributed by atoms with Gasteiger partial charge in [-0.25, -0.2) is 0 Å². The molecule has 4 aliphatic rings. The predicted molar refractivity (Wildman–Crippen MR) is 178 cm³/mol. The zero-order valence-electron chi connectivity index (χ0n) is 25.5. The molecule has 0 aliphatic heterocycles. The van der Waals surface area contributed by atoms with Crippen molar-refractivity contribution in [2.75, 3.05) is 0 Å². The molecular formula is C41H44. The Morgan fingerprint density at radius 1 is 0.951 bits per heavy atom. The predicted octanol–water partition coefficient (Wildman–Crippen LogP) is 11.1. The number of benzene rings is 2. The maximum Gasteiger partial charge on any atom is 0.0201 e. The van der Waals surface area contributed by atoms with E-state index in [0.717, 1.165) is 31.3 Å².